The van der Waals surface area contributed by atoms with Crippen molar-refractivity contribution in [1.29, 1.82) is 0 Å². The molecule has 1 aliphatic heterocycles. The molecular weight excluding hydrogens is 416 g/mol. The number of oxazole rings is 1. The van der Waals surface area contributed by atoms with Crippen LogP contribution in [0.25, 0.3) is 17.1 Å². The summed E-state index contributed by atoms with van der Waals surface area (Å²) in [6.45, 7) is 5.99. The van der Waals surface area contributed by atoms with Gasteiger partial charge in [0.25, 0.3) is 5.91 Å². The van der Waals surface area contributed by atoms with Crippen molar-refractivity contribution in [2.75, 3.05) is 23.3 Å². The lowest BCUT2D eigenvalue weighted by atomic mass is 10.1. The Kier molecular flexibility index (Phi) is 5.81. The van der Waals surface area contributed by atoms with Gasteiger partial charge in [-0.2, -0.15) is 0 Å². The van der Waals surface area contributed by atoms with Crippen molar-refractivity contribution in [3.63, 3.8) is 0 Å². The van der Waals surface area contributed by atoms with E-state index in [1.165, 1.54) is 12.7 Å². The first-order valence-corrected chi connectivity index (χ1v) is 11.6. The van der Waals surface area contributed by atoms with Crippen molar-refractivity contribution < 1.29 is 9.21 Å². The zero-order valence-corrected chi connectivity index (χ0v) is 19.0. The fraction of sp³-hybridized carbons (Fsp3) is 0.360. The Morgan fingerprint density at radius 1 is 1.15 bits per heavy atom. The Hall–Kier alpha value is -3.68. The maximum absolute atomic E-state index is 13.1. The van der Waals surface area contributed by atoms with Crippen LogP contribution >= 0.6 is 0 Å². The Labute approximate surface area is 192 Å². The van der Waals surface area contributed by atoms with Crippen LogP contribution in [0.3, 0.4) is 0 Å². The summed E-state index contributed by atoms with van der Waals surface area (Å²) in [6.07, 6.45) is 12.6. The first-order chi connectivity index (χ1) is 16.1. The predicted molar refractivity (Wildman–Crippen MR) is 128 cm³/mol. The highest BCUT2D eigenvalue weighted by atomic mass is 16.3. The van der Waals surface area contributed by atoms with Crippen LogP contribution in [-0.4, -0.2) is 38.3 Å². The number of rotatable bonds is 6. The number of nitrogens with one attached hydrogen (secondary N) is 1. The molecule has 4 aromatic heterocycles. The standard InChI is InChI=1S/C25H28N6O2/c1-3-7-19-14-31-15-20(22(13-23(31)27-19)30-10-5-4-6-11-30)28-24(32)21-16-33-25(29-21)18-8-9-26-17(2)12-18/h8-9,12-16H,3-7,10-11H2,1-2H3,(H,28,32). The van der Waals surface area contributed by atoms with Crippen molar-refractivity contribution in [1.82, 2.24) is 19.4 Å². The lowest BCUT2D eigenvalue weighted by Gasteiger charge is -2.30. The molecular formula is C25H28N6O2. The number of imidazole rings is 1. The fourth-order valence-corrected chi connectivity index (χ4v) is 4.32. The number of hydrogen-bond donors (Lipinski definition) is 1. The Morgan fingerprint density at radius 3 is 2.79 bits per heavy atom. The van der Waals surface area contributed by atoms with Crippen LogP contribution in [0, 0.1) is 6.92 Å². The number of aromatic nitrogens is 4. The number of fused-ring (bicyclic) bond motifs is 1. The van der Waals surface area contributed by atoms with Gasteiger partial charge < -0.3 is 19.0 Å². The maximum Gasteiger partial charge on any atom is 0.277 e. The van der Waals surface area contributed by atoms with Gasteiger partial charge in [-0.05, 0) is 44.7 Å². The van der Waals surface area contributed by atoms with Crippen LogP contribution < -0.4 is 10.2 Å². The van der Waals surface area contributed by atoms with Gasteiger partial charge in [0.1, 0.15) is 11.9 Å². The van der Waals surface area contributed by atoms with Crippen molar-refractivity contribution in [2.45, 2.75) is 46.0 Å². The summed E-state index contributed by atoms with van der Waals surface area (Å²) < 4.78 is 7.57. The van der Waals surface area contributed by atoms with Crippen LogP contribution in [0.2, 0.25) is 0 Å². The number of pyridine rings is 2. The second kappa shape index (κ2) is 9.05. The smallest absolute Gasteiger partial charge is 0.277 e. The maximum atomic E-state index is 13.1. The first-order valence-electron chi connectivity index (χ1n) is 11.6. The third-order valence-electron chi connectivity index (χ3n) is 5.95. The van der Waals surface area contributed by atoms with Crippen molar-refractivity contribution in [3.8, 4) is 11.5 Å². The van der Waals surface area contributed by atoms with Crippen molar-refractivity contribution >= 4 is 22.9 Å². The number of carbonyl (C=O) groups is 1. The number of amides is 1. The summed E-state index contributed by atoms with van der Waals surface area (Å²) in [6, 6.07) is 5.77. The second-order valence-electron chi connectivity index (χ2n) is 8.55. The second-order valence-corrected chi connectivity index (χ2v) is 8.55. The van der Waals surface area contributed by atoms with Gasteiger partial charge in [-0.3, -0.25) is 9.78 Å². The summed E-state index contributed by atoms with van der Waals surface area (Å²) >= 11 is 0. The molecule has 5 rings (SSSR count). The molecule has 1 N–H and O–H groups in total. The summed E-state index contributed by atoms with van der Waals surface area (Å²) in [5.41, 5.74) is 5.59. The third kappa shape index (κ3) is 4.46. The van der Waals surface area contributed by atoms with Gasteiger partial charge in [0.05, 0.1) is 17.1 Å². The quantitative estimate of drug-likeness (QED) is 0.456. The molecule has 1 aliphatic rings. The third-order valence-corrected chi connectivity index (χ3v) is 5.95. The molecule has 4 aromatic rings. The molecule has 33 heavy (non-hydrogen) atoms. The summed E-state index contributed by atoms with van der Waals surface area (Å²) in [5.74, 6) is 0.0958. The summed E-state index contributed by atoms with van der Waals surface area (Å²) in [7, 11) is 0. The normalized spacial score (nSPS) is 14.1. The number of hydrogen-bond acceptors (Lipinski definition) is 6. The van der Waals surface area contributed by atoms with Crippen molar-refractivity contribution in [2.24, 2.45) is 0 Å². The molecule has 0 aliphatic carbocycles. The van der Waals surface area contributed by atoms with E-state index in [-0.39, 0.29) is 11.6 Å². The zero-order chi connectivity index (χ0) is 22.8. The highest BCUT2D eigenvalue weighted by Crippen LogP contribution is 2.31. The molecule has 170 valence electrons. The minimum atomic E-state index is -0.303. The van der Waals surface area contributed by atoms with E-state index in [4.69, 9.17) is 9.40 Å². The van der Waals surface area contributed by atoms with E-state index < -0.39 is 0 Å². The van der Waals surface area contributed by atoms with Gasteiger partial charge in [-0.25, -0.2) is 9.97 Å². The van der Waals surface area contributed by atoms with Crippen LogP contribution in [0.1, 0.15) is 54.5 Å². The number of aryl methyl sites for hydroxylation is 2. The first kappa shape index (κ1) is 21.2. The molecule has 0 radical (unpaired) electrons. The Balaban J connectivity index is 1.46. The Bertz CT molecular complexity index is 1290. The van der Waals surface area contributed by atoms with Crippen LogP contribution in [-0.2, 0) is 6.42 Å². The number of nitrogens with zero attached hydrogens (tertiary/aromatic N) is 5. The SMILES string of the molecule is CCCc1cn2cc(NC(=O)c3coc(-c4ccnc(C)c4)n3)c(N3CCCCC3)cc2n1. The predicted octanol–water partition coefficient (Wildman–Crippen LogP) is 4.89. The molecule has 1 amide bonds. The van der Waals surface area contributed by atoms with E-state index in [1.807, 2.05) is 35.9 Å². The molecule has 1 fully saturated rings. The molecule has 0 unspecified atom stereocenters. The average molecular weight is 445 g/mol. The summed E-state index contributed by atoms with van der Waals surface area (Å²) in [4.78, 5) is 28.8. The molecule has 8 nitrogen and oxygen atoms in total. The minimum absolute atomic E-state index is 0.237. The zero-order valence-electron chi connectivity index (χ0n) is 19.0. The number of carbonyl (C=O) groups excluding carboxylic acids is 1. The topological polar surface area (TPSA) is 88.6 Å². The van der Waals surface area contributed by atoms with E-state index in [2.05, 4.69) is 33.2 Å². The molecule has 0 spiro atoms. The highest BCUT2D eigenvalue weighted by molar-refractivity contribution is 6.04. The van der Waals surface area contributed by atoms with Crippen LogP contribution in [0.15, 0.2) is 47.5 Å². The highest BCUT2D eigenvalue weighted by Gasteiger charge is 2.20. The minimum Gasteiger partial charge on any atom is -0.444 e. The fourth-order valence-electron chi connectivity index (χ4n) is 4.32. The van der Waals surface area contributed by atoms with Gasteiger partial charge >= 0.3 is 0 Å². The van der Waals surface area contributed by atoms with Crippen LogP contribution in [0.5, 0.6) is 0 Å². The molecule has 0 saturated carbocycles. The Morgan fingerprint density at radius 2 is 2.00 bits per heavy atom. The summed E-state index contributed by atoms with van der Waals surface area (Å²) in [5, 5.41) is 3.07. The largest absolute Gasteiger partial charge is 0.444 e. The van der Waals surface area contributed by atoms with Gasteiger partial charge in [0.2, 0.25) is 5.89 Å². The lowest BCUT2D eigenvalue weighted by molar-refractivity contribution is 0.102. The van der Waals surface area contributed by atoms with Gasteiger partial charge in [-0.1, -0.05) is 13.3 Å². The molecule has 1 saturated heterocycles. The van der Waals surface area contributed by atoms with E-state index in [0.29, 0.717) is 5.89 Å². The van der Waals surface area contributed by atoms with Gasteiger partial charge in [-0.15, -0.1) is 0 Å². The monoisotopic (exact) mass is 444 g/mol. The number of piperidine rings is 1. The van der Waals surface area contributed by atoms with Crippen molar-refractivity contribution in [3.05, 3.63) is 60.1 Å². The van der Waals surface area contributed by atoms with E-state index in [9.17, 15) is 4.79 Å². The molecule has 8 heteroatoms. The molecule has 5 heterocycles. The van der Waals surface area contributed by atoms with E-state index in [1.54, 1.807) is 6.20 Å². The number of anilines is 2. The van der Waals surface area contributed by atoms with E-state index >= 15 is 0 Å². The lowest BCUT2D eigenvalue weighted by Crippen LogP contribution is -2.30. The van der Waals surface area contributed by atoms with E-state index in [0.717, 1.165) is 72.7 Å². The molecule has 0 bridgehead atoms. The molecule has 0 aromatic carbocycles. The van der Waals surface area contributed by atoms with Crippen LogP contribution in [0.4, 0.5) is 11.4 Å². The van der Waals surface area contributed by atoms with Gasteiger partial charge in [0, 0.05) is 49.0 Å². The average Bonchev–Trinajstić information content (AvgIpc) is 3.46. The molecule has 0 atom stereocenters. The van der Waals surface area contributed by atoms with Gasteiger partial charge in [0.15, 0.2) is 5.69 Å².